The second-order valence-electron chi connectivity index (χ2n) is 9.76. The van der Waals surface area contributed by atoms with Crippen molar-refractivity contribution in [2.24, 2.45) is 5.92 Å². The topological polar surface area (TPSA) is 96.9 Å². The molecule has 4 heterocycles. The van der Waals surface area contributed by atoms with Crippen molar-refractivity contribution in [3.63, 3.8) is 0 Å². The van der Waals surface area contributed by atoms with E-state index in [-0.39, 0.29) is 5.54 Å². The van der Waals surface area contributed by atoms with Gasteiger partial charge in [-0.15, -0.1) is 0 Å². The van der Waals surface area contributed by atoms with Gasteiger partial charge in [-0.2, -0.15) is 0 Å². The number of anilines is 2. The van der Waals surface area contributed by atoms with Crippen LogP contribution in [0.25, 0.3) is 10.9 Å². The highest BCUT2D eigenvalue weighted by Crippen LogP contribution is 2.28. The first-order chi connectivity index (χ1) is 16.6. The van der Waals surface area contributed by atoms with Gasteiger partial charge >= 0.3 is 0 Å². The van der Waals surface area contributed by atoms with Crippen LogP contribution in [0, 0.1) is 5.92 Å². The molecule has 0 spiro atoms. The van der Waals surface area contributed by atoms with Crippen LogP contribution >= 0.6 is 11.6 Å². The van der Waals surface area contributed by atoms with Crippen molar-refractivity contribution in [3.05, 3.63) is 47.5 Å². The zero-order chi connectivity index (χ0) is 23.4. The lowest BCUT2D eigenvalue weighted by Gasteiger charge is -2.39. The Morgan fingerprint density at radius 2 is 1.85 bits per heavy atom. The third-order valence-electron chi connectivity index (χ3n) is 6.82. The Hall–Kier alpha value is -2.55. The van der Waals surface area contributed by atoms with Crippen molar-refractivity contribution < 1.29 is 4.74 Å². The van der Waals surface area contributed by atoms with E-state index in [0.717, 1.165) is 80.7 Å². The van der Waals surface area contributed by atoms with Crippen LogP contribution in [0.15, 0.2) is 36.8 Å². The molecule has 180 valence electrons. The van der Waals surface area contributed by atoms with Gasteiger partial charge in [-0.1, -0.05) is 11.6 Å². The zero-order valence-corrected chi connectivity index (χ0v) is 20.3. The minimum atomic E-state index is 0.133. The third-order valence-corrected chi connectivity index (χ3v) is 7.10. The van der Waals surface area contributed by atoms with Gasteiger partial charge in [-0.3, -0.25) is 0 Å². The SMILES string of the molecule is CC1(NCCc2cnc(NC[C@H]3CC[C@H](Nc4ccc5ccnc(Cl)c5n4)CC3)nc2)COC1. The molecule has 0 amide bonds. The number of aromatic nitrogens is 4. The highest BCUT2D eigenvalue weighted by atomic mass is 35.5. The van der Waals surface area contributed by atoms with E-state index in [4.69, 9.17) is 16.3 Å². The lowest BCUT2D eigenvalue weighted by atomic mass is 9.86. The number of nitrogens with one attached hydrogen (secondary N) is 3. The predicted octanol–water partition coefficient (Wildman–Crippen LogP) is 4.08. The molecule has 3 aromatic heterocycles. The van der Waals surface area contributed by atoms with Crippen LogP contribution in [0.4, 0.5) is 11.8 Å². The van der Waals surface area contributed by atoms with Crippen molar-refractivity contribution in [2.75, 3.05) is 36.9 Å². The summed E-state index contributed by atoms with van der Waals surface area (Å²) in [5, 5.41) is 12.0. The number of hydrogen-bond acceptors (Lipinski definition) is 8. The summed E-state index contributed by atoms with van der Waals surface area (Å²) in [5.41, 5.74) is 2.03. The summed E-state index contributed by atoms with van der Waals surface area (Å²) in [6, 6.07) is 6.41. The normalized spacial score (nSPS) is 21.7. The van der Waals surface area contributed by atoms with E-state index in [1.807, 2.05) is 30.6 Å². The van der Waals surface area contributed by atoms with E-state index in [9.17, 15) is 0 Å². The van der Waals surface area contributed by atoms with Crippen molar-refractivity contribution in [1.29, 1.82) is 0 Å². The van der Waals surface area contributed by atoms with Gasteiger partial charge in [0, 0.05) is 36.6 Å². The number of fused-ring (bicyclic) bond motifs is 1. The zero-order valence-electron chi connectivity index (χ0n) is 19.6. The average molecular weight is 482 g/mol. The Labute approximate surface area is 205 Å². The number of pyridine rings is 2. The number of ether oxygens (including phenoxy) is 1. The summed E-state index contributed by atoms with van der Waals surface area (Å²) in [4.78, 5) is 17.8. The largest absolute Gasteiger partial charge is 0.377 e. The lowest BCUT2D eigenvalue weighted by molar-refractivity contribution is -0.0636. The molecule has 2 fully saturated rings. The first-order valence-corrected chi connectivity index (χ1v) is 12.5. The highest BCUT2D eigenvalue weighted by Gasteiger charge is 2.32. The molecule has 5 rings (SSSR count). The minimum Gasteiger partial charge on any atom is -0.377 e. The van der Waals surface area contributed by atoms with Crippen molar-refractivity contribution in [3.8, 4) is 0 Å². The third kappa shape index (κ3) is 5.74. The maximum absolute atomic E-state index is 6.21. The molecular formula is C25H32ClN7O. The van der Waals surface area contributed by atoms with E-state index in [2.05, 4.69) is 42.8 Å². The molecule has 0 aromatic carbocycles. The maximum Gasteiger partial charge on any atom is 0.222 e. The van der Waals surface area contributed by atoms with Gasteiger partial charge in [0.15, 0.2) is 5.15 Å². The summed E-state index contributed by atoms with van der Waals surface area (Å²) < 4.78 is 5.28. The molecule has 9 heteroatoms. The molecule has 2 aliphatic rings. The fraction of sp³-hybridized carbons (Fsp3) is 0.520. The Morgan fingerprint density at radius 3 is 2.59 bits per heavy atom. The molecule has 0 radical (unpaired) electrons. The van der Waals surface area contributed by atoms with E-state index >= 15 is 0 Å². The van der Waals surface area contributed by atoms with Crippen molar-refractivity contribution >= 4 is 34.3 Å². The molecule has 1 aliphatic heterocycles. The Balaban J connectivity index is 1.03. The Bertz CT molecular complexity index is 1100. The van der Waals surface area contributed by atoms with Crippen LogP contribution in [0.3, 0.4) is 0 Å². The van der Waals surface area contributed by atoms with E-state index in [1.54, 1.807) is 6.20 Å². The lowest BCUT2D eigenvalue weighted by Crippen LogP contribution is -2.58. The van der Waals surface area contributed by atoms with E-state index in [0.29, 0.717) is 23.1 Å². The van der Waals surface area contributed by atoms with Crippen LogP contribution in [0.5, 0.6) is 0 Å². The van der Waals surface area contributed by atoms with E-state index < -0.39 is 0 Å². The summed E-state index contributed by atoms with van der Waals surface area (Å²) in [6.07, 6.45) is 11.0. The Morgan fingerprint density at radius 1 is 1.06 bits per heavy atom. The molecule has 1 aliphatic carbocycles. The number of rotatable bonds is 9. The van der Waals surface area contributed by atoms with Crippen molar-refractivity contribution in [1.82, 2.24) is 25.3 Å². The second-order valence-corrected chi connectivity index (χ2v) is 10.1. The summed E-state index contributed by atoms with van der Waals surface area (Å²) >= 11 is 6.21. The molecule has 0 unspecified atom stereocenters. The Kier molecular flexibility index (Phi) is 7.08. The molecule has 3 aromatic rings. The van der Waals surface area contributed by atoms with Gasteiger partial charge in [0.2, 0.25) is 5.95 Å². The molecule has 1 saturated heterocycles. The van der Waals surface area contributed by atoms with Crippen molar-refractivity contribution in [2.45, 2.75) is 50.6 Å². The highest BCUT2D eigenvalue weighted by molar-refractivity contribution is 6.33. The minimum absolute atomic E-state index is 0.133. The second kappa shape index (κ2) is 10.4. The fourth-order valence-electron chi connectivity index (χ4n) is 4.64. The first kappa shape index (κ1) is 23.2. The molecule has 1 saturated carbocycles. The van der Waals surface area contributed by atoms with Gasteiger partial charge in [0.05, 0.1) is 18.8 Å². The molecule has 3 N–H and O–H groups in total. The summed E-state index contributed by atoms with van der Waals surface area (Å²) in [5.74, 6) is 2.20. The van der Waals surface area contributed by atoms with Gasteiger partial charge in [-0.05, 0) is 75.3 Å². The van der Waals surface area contributed by atoms with Gasteiger partial charge in [-0.25, -0.2) is 19.9 Å². The fourth-order valence-corrected chi connectivity index (χ4v) is 4.85. The van der Waals surface area contributed by atoms with Crippen LogP contribution < -0.4 is 16.0 Å². The number of hydrogen-bond donors (Lipinski definition) is 3. The van der Waals surface area contributed by atoms with Crippen LogP contribution in [0.2, 0.25) is 5.15 Å². The molecule has 8 nitrogen and oxygen atoms in total. The van der Waals surface area contributed by atoms with Gasteiger partial charge < -0.3 is 20.7 Å². The van der Waals surface area contributed by atoms with Gasteiger partial charge in [0.25, 0.3) is 0 Å². The van der Waals surface area contributed by atoms with Crippen LogP contribution in [-0.4, -0.2) is 57.8 Å². The summed E-state index contributed by atoms with van der Waals surface area (Å²) in [7, 11) is 0. The molecule has 0 atom stereocenters. The number of halogens is 1. The summed E-state index contributed by atoms with van der Waals surface area (Å²) in [6.45, 7) is 5.58. The number of nitrogens with zero attached hydrogens (tertiary/aromatic N) is 4. The average Bonchev–Trinajstić information content (AvgIpc) is 2.84. The van der Waals surface area contributed by atoms with Gasteiger partial charge in [0.1, 0.15) is 11.3 Å². The molecule has 34 heavy (non-hydrogen) atoms. The first-order valence-electron chi connectivity index (χ1n) is 12.1. The molecular weight excluding hydrogens is 450 g/mol. The monoisotopic (exact) mass is 481 g/mol. The standard InChI is InChI=1S/C25H32ClN7O/c1-25(15-34-16-25)31-11-8-18-13-29-24(30-14-18)28-12-17-2-5-20(6-3-17)32-21-7-4-19-9-10-27-23(26)22(19)33-21/h4,7,9-10,13-14,17,20,31H,2-3,5-6,8,11-12,15-16H2,1H3,(H,32,33)(H,28,29,30)/t17-,20-. The predicted molar refractivity (Wildman–Crippen MR) is 135 cm³/mol. The van der Waals surface area contributed by atoms with Crippen LogP contribution in [-0.2, 0) is 11.2 Å². The molecule has 0 bridgehead atoms. The maximum atomic E-state index is 6.21. The quantitative estimate of drug-likeness (QED) is 0.393. The van der Waals surface area contributed by atoms with Crippen LogP contribution in [0.1, 0.15) is 38.2 Å². The smallest absolute Gasteiger partial charge is 0.222 e. The van der Waals surface area contributed by atoms with E-state index in [1.165, 1.54) is 0 Å².